The van der Waals surface area contributed by atoms with E-state index in [1.807, 2.05) is 18.3 Å². The lowest BCUT2D eigenvalue weighted by Gasteiger charge is -2.12. The summed E-state index contributed by atoms with van der Waals surface area (Å²) in [5.74, 6) is 1.68. The number of rotatable bonds is 10. The molecule has 0 saturated carbocycles. The number of thiazole rings is 1. The van der Waals surface area contributed by atoms with Gasteiger partial charge in [-0.05, 0) is 44.6 Å². The van der Waals surface area contributed by atoms with Gasteiger partial charge >= 0.3 is 0 Å². The van der Waals surface area contributed by atoms with E-state index in [9.17, 15) is 0 Å². The van der Waals surface area contributed by atoms with Gasteiger partial charge in [0.1, 0.15) is 10.8 Å². The van der Waals surface area contributed by atoms with E-state index in [1.54, 1.807) is 18.4 Å². The van der Waals surface area contributed by atoms with Crippen LogP contribution in [0, 0.1) is 0 Å². The van der Waals surface area contributed by atoms with Crippen LogP contribution in [0.2, 0.25) is 0 Å². The smallest absolute Gasteiger partial charge is 0.191 e. The second-order valence-electron chi connectivity index (χ2n) is 6.50. The van der Waals surface area contributed by atoms with E-state index in [2.05, 4.69) is 58.7 Å². The molecule has 148 valence electrons. The Kier molecular flexibility index (Phi) is 9.07. The number of hydrogen-bond donors (Lipinski definition) is 2. The van der Waals surface area contributed by atoms with Crippen LogP contribution in [0.3, 0.4) is 0 Å². The summed E-state index contributed by atoms with van der Waals surface area (Å²) in [6.45, 7) is 5.31. The maximum atomic E-state index is 5.77. The number of hydrogen-bond acceptors (Lipinski definition) is 5. The zero-order chi connectivity index (χ0) is 19.5. The summed E-state index contributed by atoms with van der Waals surface area (Å²) in [6.07, 6.45) is 4.00. The highest BCUT2D eigenvalue weighted by Crippen LogP contribution is 2.13. The van der Waals surface area contributed by atoms with E-state index in [-0.39, 0.29) is 0 Å². The number of nitrogens with zero attached hydrogens (tertiary/aromatic N) is 3. The maximum absolute atomic E-state index is 5.77. The van der Waals surface area contributed by atoms with Crippen LogP contribution in [0.25, 0.3) is 0 Å². The van der Waals surface area contributed by atoms with E-state index in [0.717, 1.165) is 42.7 Å². The Morgan fingerprint density at radius 2 is 1.93 bits per heavy atom. The third-order valence-electron chi connectivity index (χ3n) is 3.98. The van der Waals surface area contributed by atoms with Crippen LogP contribution in [0.15, 0.2) is 35.5 Å². The molecule has 0 aliphatic carbocycles. The number of aryl methyl sites for hydroxylation is 1. The standard InChI is InChI=1S/C20H31N5OS/c1-5-18-14-22-19(27-18)15-24-20(21-2)23-13-16-7-9-17(10-8-16)26-12-6-11-25(3)4/h7-10,14H,5-6,11-13,15H2,1-4H3,(H2,21,23,24). The van der Waals surface area contributed by atoms with Crippen LogP contribution in [-0.4, -0.2) is 50.1 Å². The molecule has 0 atom stereocenters. The predicted octanol–water partition coefficient (Wildman–Crippen LogP) is 2.90. The molecular formula is C20H31N5OS. The Hall–Kier alpha value is -2.12. The number of ether oxygens (including phenoxy) is 1. The first-order valence-electron chi connectivity index (χ1n) is 9.35. The summed E-state index contributed by atoms with van der Waals surface area (Å²) in [6, 6.07) is 8.20. The fraction of sp³-hybridized carbons (Fsp3) is 0.500. The molecule has 6 nitrogen and oxygen atoms in total. The van der Waals surface area contributed by atoms with Gasteiger partial charge in [-0.15, -0.1) is 11.3 Å². The van der Waals surface area contributed by atoms with Gasteiger partial charge in [0.25, 0.3) is 0 Å². The summed E-state index contributed by atoms with van der Waals surface area (Å²) >= 11 is 1.74. The lowest BCUT2D eigenvalue weighted by atomic mass is 10.2. The molecule has 7 heteroatoms. The van der Waals surface area contributed by atoms with E-state index < -0.39 is 0 Å². The fourth-order valence-corrected chi connectivity index (χ4v) is 3.24. The van der Waals surface area contributed by atoms with Gasteiger partial charge in [0, 0.05) is 31.2 Å². The quantitative estimate of drug-likeness (QED) is 0.372. The summed E-state index contributed by atoms with van der Waals surface area (Å²) < 4.78 is 5.77. The molecule has 1 aromatic heterocycles. The minimum Gasteiger partial charge on any atom is -0.494 e. The van der Waals surface area contributed by atoms with Crippen LogP contribution in [0.4, 0.5) is 0 Å². The number of nitrogens with one attached hydrogen (secondary N) is 2. The molecule has 0 radical (unpaired) electrons. The van der Waals surface area contributed by atoms with Crippen molar-refractivity contribution in [3.8, 4) is 5.75 Å². The van der Waals surface area contributed by atoms with Crippen molar-refractivity contribution < 1.29 is 4.74 Å². The largest absolute Gasteiger partial charge is 0.494 e. The Bertz CT molecular complexity index is 697. The molecule has 0 bridgehead atoms. The van der Waals surface area contributed by atoms with Crippen LogP contribution in [0.5, 0.6) is 5.75 Å². The van der Waals surface area contributed by atoms with Crippen molar-refractivity contribution in [3.05, 3.63) is 45.9 Å². The molecule has 1 aromatic carbocycles. The highest BCUT2D eigenvalue weighted by Gasteiger charge is 2.03. The Balaban J connectivity index is 1.72. The van der Waals surface area contributed by atoms with Gasteiger partial charge < -0.3 is 20.3 Å². The molecule has 0 spiro atoms. The third kappa shape index (κ3) is 7.97. The second-order valence-corrected chi connectivity index (χ2v) is 7.70. The normalized spacial score (nSPS) is 11.7. The zero-order valence-electron chi connectivity index (χ0n) is 16.8. The Morgan fingerprint density at radius 3 is 2.56 bits per heavy atom. The van der Waals surface area contributed by atoms with Crippen LogP contribution in [0.1, 0.15) is 28.8 Å². The Morgan fingerprint density at radius 1 is 1.19 bits per heavy atom. The molecule has 2 aromatic rings. The predicted molar refractivity (Wildman–Crippen MR) is 114 cm³/mol. The molecule has 0 aliphatic heterocycles. The number of aromatic nitrogens is 1. The molecule has 0 aliphatic rings. The van der Waals surface area contributed by atoms with Crippen molar-refractivity contribution in [2.45, 2.75) is 32.9 Å². The van der Waals surface area contributed by atoms with Crippen molar-refractivity contribution >= 4 is 17.3 Å². The lowest BCUT2D eigenvalue weighted by molar-refractivity contribution is 0.281. The average Bonchev–Trinajstić information content (AvgIpc) is 3.14. The van der Waals surface area contributed by atoms with Gasteiger partial charge in [0.2, 0.25) is 0 Å². The second kappa shape index (κ2) is 11.6. The minimum absolute atomic E-state index is 0.685. The third-order valence-corrected chi connectivity index (χ3v) is 5.12. The SMILES string of the molecule is CCc1cnc(CNC(=NC)NCc2ccc(OCCCN(C)C)cc2)s1. The van der Waals surface area contributed by atoms with Crippen LogP contribution >= 0.6 is 11.3 Å². The van der Waals surface area contributed by atoms with E-state index in [4.69, 9.17) is 4.74 Å². The molecule has 2 N–H and O–H groups in total. The van der Waals surface area contributed by atoms with Gasteiger partial charge in [-0.2, -0.15) is 0 Å². The summed E-state index contributed by atoms with van der Waals surface area (Å²) in [5.41, 5.74) is 1.18. The van der Waals surface area contributed by atoms with E-state index in [1.165, 1.54) is 10.4 Å². The van der Waals surface area contributed by atoms with Gasteiger partial charge in [0.05, 0.1) is 13.2 Å². The molecule has 0 fully saturated rings. The van der Waals surface area contributed by atoms with Gasteiger partial charge in [0.15, 0.2) is 5.96 Å². The molecule has 0 amide bonds. The zero-order valence-corrected chi connectivity index (χ0v) is 17.6. The first kappa shape index (κ1) is 21.2. The van der Waals surface area contributed by atoms with Crippen LogP contribution < -0.4 is 15.4 Å². The average molecular weight is 390 g/mol. The molecule has 1 heterocycles. The van der Waals surface area contributed by atoms with Crippen molar-refractivity contribution in [2.75, 3.05) is 34.3 Å². The highest BCUT2D eigenvalue weighted by molar-refractivity contribution is 7.11. The Labute approximate surface area is 166 Å². The monoisotopic (exact) mass is 389 g/mol. The number of aliphatic imine (C=N–C) groups is 1. The molecule has 2 rings (SSSR count). The maximum Gasteiger partial charge on any atom is 0.191 e. The van der Waals surface area contributed by atoms with Crippen LogP contribution in [-0.2, 0) is 19.5 Å². The van der Waals surface area contributed by atoms with E-state index in [0.29, 0.717) is 13.1 Å². The first-order chi connectivity index (χ1) is 13.1. The van der Waals surface area contributed by atoms with Gasteiger partial charge in [-0.1, -0.05) is 19.1 Å². The lowest BCUT2D eigenvalue weighted by Crippen LogP contribution is -2.36. The number of guanidine groups is 1. The van der Waals surface area contributed by atoms with Crippen molar-refractivity contribution in [1.82, 2.24) is 20.5 Å². The van der Waals surface area contributed by atoms with Gasteiger partial charge in [-0.3, -0.25) is 4.99 Å². The van der Waals surface area contributed by atoms with Gasteiger partial charge in [-0.25, -0.2) is 4.98 Å². The van der Waals surface area contributed by atoms with Crippen molar-refractivity contribution in [1.29, 1.82) is 0 Å². The van der Waals surface area contributed by atoms with Crippen molar-refractivity contribution in [3.63, 3.8) is 0 Å². The minimum atomic E-state index is 0.685. The fourth-order valence-electron chi connectivity index (χ4n) is 2.43. The first-order valence-corrected chi connectivity index (χ1v) is 10.2. The molecule has 27 heavy (non-hydrogen) atoms. The molecular weight excluding hydrogens is 358 g/mol. The summed E-state index contributed by atoms with van der Waals surface area (Å²) in [4.78, 5) is 12.2. The summed E-state index contributed by atoms with van der Waals surface area (Å²) in [7, 11) is 5.92. The number of benzene rings is 1. The highest BCUT2D eigenvalue weighted by atomic mass is 32.1. The topological polar surface area (TPSA) is 61.8 Å². The van der Waals surface area contributed by atoms with E-state index >= 15 is 0 Å². The van der Waals surface area contributed by atoms with Crippen molar-refractivity contribution in [2.24, 2.45) is 4.99 Å². The molecule has 0 unspecified atom stereocenters. The molecule has 0 saturated heterocycles. The summed E-state index contributed by atoms with van der Waals surface area (Å²) in [5, 5.41) is 7.71.